The van der Waals surface area contributed by atoms with Gasteiger partial charge in [0.25, 0.3) is 0 Å². The van der Waals surface area contributed by atoms with Crippen molar-refractivity contribution in [3.05, 3.63) is 0 Å². The minimum absolute atomic E-state index is 0.160. The Bertz CT molecular complexity index is 164. The summed E-state index contributed by atoms with van der Waals surface area (Å²) in [5.74, 6) is 0.764. The Hall–Kier alpha value is 0.590. The molecule has 0 heterocycles. The van der Waals surface area contributed by atoms with Gasteiger partial charge in [-0.1, -0.05) is 6.42 Å². The molecule has 0 aliphatic carbocycles. The maximum absolute atomic E-state index is 10.4. The smallest absolute Gasteiger partial charge is 0.198 e. The van der Waals surface area contributed by atoms with Crippen LogP contribution in [-0.2, 0) is 8.87 Å². The summed E-state index contributed by atoms with van der Waals surface area (Å²) in [7, 11) is -3.05. The van der Waals surface area contributed by atoms with Gasteiger partial charge in [0.15, 0.2) is 8.87 Å². The molecule has 0 radical (unpaired) electrons. The Morgan fingerprint density at radius 1 is 1.20 bits per heavy atom. The Labute approximate surface area is 71.7 Å². The molecule has 0 aromatic rings. The van der Waals surface area contributed by atoms with E-state index in [2.05, 4.69) is 11.7 Å². The highest BCUT2D eigenvalue weighted by molar-refractivity contribution is 8.63. The predicted octanol–water partition coefficient (Wildman–Crippen LogP) is 1.66. The van der Waals surface area contributed by atoms with E-state index in [0.29, 0.717) is 12.3 Å². The van der Waals surface area contributed by atoms with E-state index in [9.17, 15) is 8.42 Å². The van der Waals surface area contributed by atoms with Gasteiger partial charge in [-0.3, -0.25) is 0 Å². The first kappa shape index (κ1) is 10.6. The third-order valence-electron chi connectivity index (χ3n) is 1.04. The summed E-state index contributed by atoms with van der Waals surface area (Å²) in [6, 6.07) is 0. The number of rotatable bonds is 5. The maximum Gasteiger partial charge on any atom is 0.198 e. The number of halogens is 1. The molecule has 0 saturated heterocycles. The lowest BCUT2D eigenvalue weighted by atomic mass is 10.3. The molecular formula is C5H11ClO2S2. The summed E-state index contributed by atoms with van der Waals surface area (Å²) in [6.07, 6.45) is 2.41. The first-order chi connectivity index (χ1) is 4.56. The van der Waals surface area contributed by atoms with E-state index in [1.54, 1.807) is 0 Å². The van der Waals surface area contributed by atoms with Gasteiger partial charge in [-0.2, -0.15) is 0 Å². The van der Waals surface area contributed by atoms with Crippen LogP contribution in [0.5, 0.6) is 0 Å². The second kappa shape index (κ2) is 5.27. The van der Waals surface area contributed by atoms with Crippen molar-refractivity contribution in [1.29, 1.82) is 0 Å². The van der Waals surface area contributed by atoms with Gasteiger partial charge >= 0.3 is 0 Å². The van der Waals surface area contributed by atoms with Gasteiger partial charge in [0.05, 0.1) is 5.75 Å². The molecule has 0 aromatic heterocycles. The monoisotopic (exact) mass is 202 g/mol. The van der Waals surface area contributed by atoms with Crippen molar-refractivity contribution in [2.75, 3.05) is 11.6 Å². The molecule has 0 fully saturated rings. The molecule has 0 aromatic carbocycles. The van der Waals surface area contributed by atoms with Crippen molar-refractivity contribution >= 4 is 32.1 Å². The molecule has 0 rings (SSSR count). The number of hydrogen-bond donors (Lipinski definition) is 1. The first-order valence-electron chi connectivity index (χ1n) is 3.07. The van der Waals surface area contributed by atoms with Crippen LogP contribution in [0.3, 0.4) is 0 Å². The van der Waals surface area contributed by atoms with E-state index in [0.717, 1.165) is 12.8 Å². The Balaban J connectivity index is 3.21. The van der Waals surface area contributed by atoms with Crippen LogP contribution < -0.4 is 0 Å². The summed E-state index contributed by atoms with van der Waals surface area (Å²) in [4.78, 5) is 0. The number of unbranched alkanes of at least 4 members (excludes halogenated alkanes) is 2. The van der Waals surface area contributed by atoms with E-state index in [1.807, 2.05) is 0 Å². The van der Waals surface area contributed by atoms with Gasteiger partial charge in [0.2, 0.25) is 0 Å². The molecule has 0 aliphatic rings. The fourth-order valence-corrected chi connectivity index (χ4v) is 1.70. The van der Waals surface area contributed by atoms with Crippen LogP contribution in [0.15, 0.2) is 0 Å². The Morgan fingerprint density at radius 3 is 2.20 bits per heavy atom. The normalized spacial score (nSPS) is 11.8. The average Bonchev–Trinajstić information content (AvgIpc) is 1.78. The lowest BCUT2D eigenvalue weighted by Crippen LogP contribution is -1.96. The average molecular weight is 203 g/mol. The second-order valence-corrected chi connectivity index (χ2v) is 5.65. The van der Waals surface area contributed by atoms with Crippen molar-refractivity contribution in [1.82, 2.24) is 0 Å². The molecule has 0 unspecified atom stereocenters. The summed E-state index contributed by atoms with van der Waals surface area (Å²) in [6.45, 7) is 0. The standard InChI is InChI=1S/C5H11ClO2S2/c6-4-2-1-3-5-10(7,8)9/h1-5H2,(H,7,8,9). The van der Waals surface area contributed by atoms with Crippen LogP contribution in [-0.4, -0.2) is 20.1 Å². The SMILES string of the molecule is O=S(=O)(S)CCCCCCl. The van der Waals surface area contributed by atoms with Crippen LogP contribution in [0.1, 0.15) is 19.3 Å². The highest BCUT2D eigenvalue weighted by Gasteiger charge is 2.00. The minimum Gasteiger partial charge on any atom is -0.218 e. The molecular weight excluding hydrogens is 192 g/mol. The van der Waals surface area contributed by atoms with E-state index in [4.69, 9.17) is 11.6 Å². The molecule has 0 spiro atoms. The molecule has 0 amide bonds. The molecule has 0 atom stereocenters. The third kappa shape index (κ3) is 8.59. The second-order valence-electron chi connectivity index (χ2n) is 2.04. The largest absolute Gasteiger partial charge is 0.218 e. The number of alkyl halides is 1. The van der Waals surface area contributed by atoms with Crippen molar-refractivity contribution < 1.29 is 8.42 Å². The fraction of sp³-hybridized carbons (Fsp3) is 1.00. The fourth-order valence-electron chi connectivity index (χ4n) is 0.556. The topological polar surface area (TPSA) is 34.1 Å². The van der Waals surface area contributed by atoms with Crippen LogP contribution in [0.2, 0.25) is 0 Å². The zero-order valence-electron chi connectivity index (χ0n) is 5.59. The molecule has 0 saturated carbocycles. The molecule has 0 N–H and O–H groups in total. The number of hydrogen-bond acceptors (Lipinski definition) is 2. The zero-order valence-corrected chi connectivity index (χ0v) is 8.05. The van der Waals surface area contributed by atoms with E-state index < -0.39 is 8.87 Å². The van der Waals surface area contributed by atoms with Crippen LogP contribution in [0, 0.1) is 0 Å². The maximum atomic E-state index is 10.4. The lowest BCUT2D eigenvalue weighted by Gasteiger charge is -1.94. The predicted molar refractivity (Wildman–Crippen MR) is 47.3 cm³/mol. The molecule has 2 nitrogen and oxygen atoms in total. The Morgan fingerprint density at radius 2 is 1.80 bits per heavy atom. The van der Waals surface area contributed by atoms with Gasteiger partial charge in [-0.25, -0.2) is 8.42 Å². The van der Waals surface area contributed by atoms with Crippen molar-refractivity contribution in [2.45, 2.75) is 19.3 Å². The summed E-state index contributed by atoms with van der Waals surface area (Å²) < 4.78 is 20.9. The number of thiol groups is 1. The minimum atomic E-state index is -3.05. The van der Waals surface area contributed by atoms with Gasteiger partial charge in [-0.05, 0) is 24.5 Å². The van der Waals surface area contributed by atoms with Crippen LogP contribution in [0.4, 0.5) is 0 Å². The summed E-state index contributed by atoms with van der Waals surface area (Å²) >= 11 is 8.78. The Kier molecular flexibility index (Phi) is 5.58. The van der Waals surface area contributed by atoms with Crippen molar-refractivity contribution in [3.8, 4) is 0 Å². The highest BCUT2D eigenvalue weighted by Crippen LogP contribution is 2.03. The van der Waals surface area contributed by atoms with Gasteiger partial charge in [0, 0.05) is 5.88 Å². The van der Waals surface area contributed by atoms with E-state index >= 15 is 0 Å². The van der Waals surface area contributed by atoms with Crippen molar-refractivity contribution in [2.24, 2.45) is 0 Å². The quantitative estimate of drug-likeness (QED) is 0.319. The molecule has 0 aliphatic heterocycles. The lowest BCUT2D eigenvalue weighted by molar-refractivity contribution is 0.606. The summed E-state index contributed by atoms with van der Waals surface area (Å²) in [5.41, 5.74) is 0. The molecule has 5 heteroatoms. The third-order valence-corrected chi connectivity index (χ3v) is 2.66. The van der Waals surface area contributed by atoms with Crippen LogP contribution in [0.25, 0.3) is 0 Å². The summed E-state index contributed by atoms with van der Waals surface area (Å²) in [5, 5.41) is 0. The van der Waals surface area contributed by atoms with E-state index in [1.165, 1.54) is 0 Å². The van der Waals surface area contributed by atoms with Crippen LogP contribution >= 0.6 is 23.3 Å². The first-order valence-corrected chi connectivity index (χ1v) is 6.31. The molecule has 62 valence electrons. The van der Waals surface area contributed by atoms with Gasteiger partial charge in [-0.15, -0.1) is 11.6 Å². The zero-order chi connectivity index (χ0) is 8.04. The molecule has 0 bridgehead atoms. The highest BCUT2D eigenvalue weighted by atomic mass is 35.5. The van der Waals surface area contributed by atoms with Crippen molar-refractivity contribution in [3.63, 3.8) is 0 Å². The van der Waals surface area contributed by atoms with Gasteiger partial charge < -0.3 is 0 Å². The van der Waals surface area contributed by atoms with Gasteiger partial charge in [0.1, 0.15) is 0 Å². The van der Waals surface area contributed by atoms with E-state index in [-0.39, 0.29) is 5.75 Å². The molecule has 10 heavy (non-hydrogen) atoms.